The molecule has 0 saturated heterocycles. The normalized spacial score (nSPS) is 13.0. The Balaban J connectivity index is 1.41. The molecule has 8 nitrogen and oxygen atoms in total. The molecule has 0 radical (unpaired) electrons. The highest BCUT2D eigenvalue weighted by atomic mass is 35.5. The molecule has 4 aromatic carbocycles. The molecule has 1 N–H and O–H groups in total. The number of anilines is 1. The van der Waals surface area contributed by atoms with Gasteiger partial charge in [-0.15, -0.1) is 0 Å². The Morgan fingerprint density at radius 2 is 1.65 bits per heavy atom. The van der Waals surface area contributed by atoms with Gasteiger partial charge in [0.05, 0.1) is 16.6 Å². The van der Waals surface area contributed by atoms with Gasteiger partial charge in [0.15, 0.2) is 11.5 Å². The quantitative estimate of drug-likeness (QED) is 0.216. The predicted molar refractivity (Wildman–Crippen MR) is 152 cm³/mol. The topological polar surface area (TPSA) is 94.2 Å². The number of halogens is 4. The van der Waals surface area contributed by atoms with E-state index < -0.39 is 51.9 Å². The Morgan fingerprint density at radius 3 is 2.42 bits per heavy atom. The van der Waals surface area contributed by atoms with Gasteiger partial charge in [0, 0.05) is 17.6 Å². The van der Waals surface area contributed by atoms with Crippen LogP contribution in [0.15, 0.2) is 83.8 Å². The average molecular weight is 633 g/mol. The van der Waals surface area contributed by atoms with E-state index in [1.54, 1.807) is 18.2 Å². The highest BCUT2D eigenvalue weighted by Gasteiger charge is 2.34. The molecule has 0 aliphatic carbocycles. The molecule has 1 aliphatic heterocycles. The molecular formula is C30H24ClF3N2O6S. The summed E-state index contributed by atoms with van der Waals surface area (Å²) in [5.41, 5.74) is 0.437. The van der Waals surface area contributed by atoms with Crippen LogP contribution in [0.1, 0.15) is 29.7 Å². The minimum Gasteiger partial charge on any atom is -0.454 e. The third kappa shape index (κ3) is 6.65. The van der Waals surface area contributed by atoms with Crippen molar-refractivity contribution in [2.45, 2.75) is 31.0 Å². The number of carbonyl (C=O) groups excluding carboxylic acids is 1. The number of sulfonamides is 1. The smallest absolute Gasteiger partial charge is 0.407 e. The van der Waals surface area contributed by atoms with Gasteiger partial charge in [0.25, 0.3) is 10.0 Å². The van der Waals surface area contributed by atoms with Crippen molar-refractivity contribution in [3.63, 3.8) is 0 Å². The zero-order valence-electron chi connectivity index (χ0n) is 22.5. The van der Waals surface area contributed by atoms with E-state index in [2.05, 4.69) is 5.32 Å². The van der Waals surface area contributed by atoms with Gasteiger partial charge in [-0.1, -0.05) is 23.7 Å². The average Bonchev–Trinajstić information content (AvgIpc) is 3.45. The minimum absolute atomic E-state index is 0.0911. The molecule has 1 atom stereocenters. The lowest BCUT2D eigenvalue weighted by molar-refractivity contribution is 0.138. The van der Waals surface area contributed by atoms with Crippen LogP contribution >= 0.6 is 11.6 Å². The van der Waals surface area contributed by atoms with Crippen molar-refractivity contribution in [1.29, 1.82) is 0 Å². The molecule has 224 valence electrons. The fourth-order valence-electron chi connectivity index (χ4n) is 4.57. The Hall–Kier alpha value is -4.42. The second kappa shape index (κ2) is 12.4. The van der Waals surface area contributed by atoms with E-state index in [9.17, 15) is 22.0 Å². The predicted octanol–water partition coefficient (Wildman–Crippen LogP) is 6.87. The number of amides is 1. The van der Waals surface area contributed by atoms with Crippen molar-refractivity contribution in [2.24, 2.45) is 0 Å². The monoisotopic (exact) mass is 632 g/mol. The van der Waals surface area contributed by atoms with Crippen LogP contribution < -0.4 is 19.1 Å². The first-order valence-electron chi connectivity index (χ1n) is 12.9. The summed E-state index contributed by atoms with van der Waals surface area (Å²) in [5.74, 6) is -1.43. The Morgan fingerprint density at radius 1 is 0.953 bits per heavy atom. The Kier molecular flexibility index (Phi) is 8.69. The van der Waals surface area contributed by atoms with Gasteiger partial charge < -0.3 is 19.5 Å². The van der Waals surface area contributed by atoms with Crippen molar-refractivity contribution < 1.29 is 40.6 Å². The van der Waals surface area contributed by atoms with Crippen LogP contribution in [0.4, 0.5) is 23.7 Å². The molecule has 13 heteroatoms. The van der Waals surface area contributed by atoms with Crippen molar-refractivity contribution in [2.75, 3.05) is 11.1 Å². The van der Waals surface area contributed by atoms with Crippen LogP contribution in [0, 0.1) is 17.5 Å². The van der Waals surface area contributed by atoms with Gasteiger partial charge in [-0.2, -0.15) is 0 Å². The van der Waals surface area contributed by atoms with E-state index in [1.165, 1.54) is 37.3 Å². The number of carbonyl (C=O) groups is 1. The van der Waals surface area contributed by atoms with Crippen molar-refractivity contribution >= 4 is 33.4 Å². The standard InChI is InChI=1S/C30H24ClF3N2O6S/c1-18(36(27-14-23(33)6-10-26(27)34)43(38,39)24-7-3-21(31)4-8-24)25-9-5-22(32)13-20(25)16-40-30(37)35-15-19-2-11-28-29(12-19)42-17-41-28/h2-14,18H,15-17H2,1H3,(H,35,37)/t18-/m1/s1. The molecule has 0 bridgehead atoms. The van der Waals surface area contributed by atoms with Gasteiger partial charge in [-0.3, -0.25) is 4.31 Å². The highest BCUT2D eigenvalue weighted by molar-refractivity contribution is 7.92. The van der Waals surface area contributed by atoms with Crippen LogP contribution in [0.2, 0.25) is 5.02 Å². The lowest BCUT2D eigenvalue weighted by atomic mass is 10.0. The first kappa shape index (κ1) is 30.1. The Labute approximate surface area is 250 Å². The molecule has 1 amide bonds. The van der Waals surface area contributed by atoms with Crippen molar-refractivity contribution in [3.8, 4) is 11.5 Å². The lowest BCUT2D eigenvalue weighted by Gasteiger charge is -2.32. The first-order chi connectivity index (χ1) is 20.5. The SMILES string of the molecule is C[C@H](c1ccc(F)cc1COC(=O)NCc1ccc2c(c1)OCO2)N(c1cc(F)ccc1F)S(=O)(=O)c1ccc(Cl)cc1. The van der Waals surface area contributed by atoms with Crippen LogP contribution in [0.25, 0.3) is 0 Å². The summed E-state index contributed by atoms with van der Waals surface area (Å²) in [6.07, 6.45) is -0.831. The molecule has 0 fully saturated rings. The summed E-state index contributed by atoms with van der Waals surface area (Å²) in [5, 5.41) is 2.85. The number of ether oxygens (including phenoxy) is 3. The van der Waals surface area contributed by atoms with E-state index >= 15 is 4.39 Å². The van der Waals surface area contributed by atoms with Crippen LogP contribution in [-0.2, 0) is 27.9 Å². The summed E-state index contributed by atoms with van der Waals surface area (Å²) in [7, 11) is -4.52. The van der Waals surface area contributed by atoms with Gasteiger partial charge in [-0.05, 0) is 84.3 Å². The van der Waals surface area contributed by atoms with E-state index in [0.717, 1.165) is 30.3 Å². The number of fused-ring (bicyclic) bond motifs is 1. The zero-order chi connectivity index (χ0) is 30.7. The lowest BCUT2D eigenvalue weighted by Crippen LogP contribution is -2.35. The van der Waals surface area contributed by atoms with E-state index in [0.29, 0.717) is 21.4 Å². The molecule has 0 spiro atoms. The number of hydrogen-bond acceptors (Lipinski definition) is 6. The number of nitrogens with one attached hydrogen (secondary N) is 1. The van der Waals surface area contributed by atoms with E-state index in [1.807, 2.05) is 0 Å². The van der Waals surface area contributed by atoms with Gasteiger partial charge >= 0.3 is 6.09 Å². The maximum Gasteiger partial charge on any atom is 0.407 e. The maximum atomic E-state index is 15.1. The van der Waals surface area contributed by atoms with Gasteiger partial charge in [0.1, 0.15) is 24.1 Å². The first-order valence-corrected chi connectivity index (χ1v) is 14.7. The van der Waals surface area contributed by atoms with Crippen molar-refractivity contribution in [1.82, 2.24) is 5.32 Å². The number of nitrogens with zero attached hydrogens (tertiary/aromatic N) is 1. The molecule has 0 unspecified atom stereocenters. The highest BCUT2D eigenvalue weighted by Crippen LogP contribution is 2.37. The molecule has 1 aliphatic rings. The number of rotatable bonds is 9. The number of benzene rings is 4. The minimum atomic E-state index is -4.52. The second-order valence-corrected chi connectivity index (χ2v) is 11.7. The molecule has 4 aromatic rings. The molecule has 5 rings (SSSR count). The molecule has 0 saturated carbocycles. The van der Waals surface area contributed by atoms with E-state index in [-0.39, 0.29) is 34.4 Å². The third-order valence-corrected chi connectivity index (χ3v) is 8.81. The number of hydrogen-bond donors (Lipinski definition) is 1. The summed E-state index contributed by atoms with van der Waals surface area (Å²) in [6, 6.07) is 15.0. The molecular weight excluding hydrogens is 609 g/mol. The maximum absolute atomic E-state index is 15.1. The van der Waals surface area contributed by atoms with Crippen molar-refractivity contribution in [3.05, 3.63) is 118 Å². The van der Waals surface area contributed by atoms with Gasteiger partial charge in [0.2, 0.25) is 6.79 Å². The number of alkyl carbamates (subject to hydrolysis) is 1. The Bertz CT molecular complexity index is 1770. The largest absolute Gasteiger partial charge is 0.454 e. The van der Waals surface area contributed by atoms with Crippen LogP contribution in [0.3, 0.4) is 0 Å². The molecule has 1 heterocycles. The fourth-order valence-corrected chi connectivity index (χ4v) is 6.34. The van der Waals surface area contributed by atoms with Gasteiger partial charge in [-0.25, -0.2) is 26.4 Å². The van der Waals surface area contributed by atoms with Crippen LogP contribution in [0.5, 0.6) is 11.5 Å². The second-order valence-electron chi connectivity index (χ2n) is 9.49. The molecule has 0 aromatic heterocycles. The summed E-state index contributed by atoms with van der Waals surface area (Å²) < 4.78 is 88.0. The fraction of sp³-hybridized carbons (Fsp3) is 0.167. The summed E-state index contributed by atoms with van der Waals surface area (Å²) in [6.45, 7) is 1.17. The van der Waals surface area contributed by atoms with Crippen LogP contribution in [-0.4, -0.2) is 21.3 Å². The third-order valence-electron chi connectivity index (χ3n) is 6.66. The molecule has 43 heavy (non-hydrogen) atoms. The summed E-state index contributed by atoms with van der Waals surface area (Å²) in [4.78, 5) is 12.3. The van der Waals surface area contributed by atoms with E-state index in [4.69, 9.17) is 25.8 Å². The summed E-state index contributed by atoms with van der Waals surface area (Å²) >= 11 is 5.93. The zero-order valence-corrected chi connectivity index (χ0v) is 24.1.